The zero-order chi connectivity index (χ0) is 27.8. The van der Waals surface area contributed by atoms with Crippen molar-refractivity contribution in [2.24, 2.45) is 0 Å². The first-order valence-electron chi connectivity index (χ1n) is 13.3. The van der Waals surface area contributed by atoms with Crippen molar-refractivity contribution in [2.45, 2.75) is 40.5 Å². The highest BCUT2D eigenvalue weighted by atomic mass is 16.6. The molecule has 0 unspecified atom stereocenters. The van der Waals surface area contributed by atoms with Crippen LogP contribution in [-0.4, -0.2) is 49.4 Å². The summed E-state index contributed by atoms with van der Waals surface area (Å²) < 4.78 is 30.0. The Morgan fingerprint density at radius 1 is 0.949 bits per heavy atom. The van der Waals surface area contributed by atoms with Gasteiger partial charge < -0.3 is 28.3 Å². The molecule has 206 valence electrons. The standard InChI is InChI=1S/C31H35NO7/c1-5-7-14-36-27-11-8-23(18-29(27)35-6-2)9-13-31(34)39-20-26(33)25-17-21(3)32(22(25)4)24-10-12-28-30(19-24)38-16-15-37-28/h8-13,17-19H,5-7,14-16,20H2,1-4H3. The molecule has 0 fully saturated rings. The fraction of sp³-hybridized carbons (Fsp3) is 0.355. The Labute approximate surface area is 229 Å². The van der Waals surface area contributed by atoms with Gasteiger partial charge in [0.1, 0.15) is 13.2 Å². The molecule has 2 heterocycles. The van der Waals surface area contributed by atoms with Crippen molar-refractivity contribution in [1.82, 2.24) is 4.57 Å². The first kappa shape index (κ1) is 27.8. The van der Waals surface area contributed by atoms with Crippen molar-refractivity contribution < 1.29 is 33.3 Å². The molecule has 3 aromatic rings. The molecular weight excluding hydrogens is 498 g/mol. The second-order valence-corrected chi connectivity index (χ2v) is 9.15. The lowest BCUT2D eigenvalue weighted by atomic mass is 10.1. The van der Waals surface area contributed by atoms with E-state index >= 15 is 0 Å². The normalized spacial score (nSPS) is 12.4. The number of ether oxygens (including phenoxy) is 5. The molecule has 0 bridgehead atoms. The molecule has 1 aliphatic heterocycles. The van der Waals surface area contributed by atoms with Crippen molar-refractivity contribution in [3.05, 3.63) is 71.1 Å². The zero-order valence-corrected chi connectivity index (χ0v) is 23.0. The van der Waals surface area contributed by atoms with Crippen molar-refractivity contribution in [2.75, 3.05) is 33.0 Å². The summed E-state index contributed by atoms with van der Waals surface area (Å²) in [6.07, 6.45) is 4.92. The number of carbonyl (C=O) groups is 2. The average molecular weight is 534 g/mol. The van der Waals surface area contributed by atoms with Crippen molar-refractivity contribution >= 4 is 17.8 Å². The minimum absolute atomic E-state index is 0.277. The molecule has 8 heteroatoms. The molecule has 0 atom stereocenters. The number of esters is 1. The molecule has 1 aromatic heterocycles. The van der Waals surface area contributed by atoms with Gasteiger partial charge in [-0.05, 0) is 69.2 Å². The summed E-state index contributed by atoms with van der Waals surface area (Å²) in [5.41, 5.74) is 3.75. The maximum absolute atomic E-state index is 12.9. The minimum Gasteiger partial charge on any atom is -0.490 e. The molecule has 0 N–H and O–H groups in total. The van der Waals surface area contributed by atoms with E-state index in [1.165, 1.54) is 6.08 Å². The number of Topliss-reactive ketones (excluding diaryl/α,β-unsaturated/α-hetero) is 1. The number of benzene rings is 2. The topological polar surface area (TPSA) is 85.2 Å². The summed E-state index contributed by atoms with van der Waals surface area (Å²) >= 11 is 0. The van der Waals surface area contributed by atoms with E-state index in [4.69, 9.17) is 23.7 Å². The second-order valence-electron chi connectivity index (χ2n) is 9.15. The SMILES string of the molecule is CCCCOc1ccc(C=CC(=O)OCC(=O)c2cc(C)n(-c3ccc4c(c3)OCCO4)c2C)cc1OCC. The summed E-state index contributed by atoms with van der Waals surface area (Å²) in [6.45, 7) is 9.57. The highest BCUT2D eigenvalue weighted by molar-refractivity contribution is 6.00. The zero-order valence-electron chi connectivity index (χ0n) is 23.0. The smallest absolute Gasteiger partial charge is 0.331 e. The Bertz CT molecular complexity index is 1360. The molecule has 0 amide bonds. The lowest BCUT2D eigenvalue weighted by Crippen LogP contribution is -2.16. The molecule has 0 radical (unpaired) electrons. The molecule has 0 aliphatic carbocycles. The van der Waals surface area contributed by atoms with E-state index in [1.54, 1.807) is 12.1 Å². The number of fused-ring (bicyclic) bond motifs is 1. The van der Waals surface area contributed by atoms with E-state index in [1.807, 2.05) is 61.7 Å². The Hall–Kier alpha value is -4.20. The van der Waals surface area contributed by atoms with Crippen molar-refractivity contribution in [3.8, 4) is 28.7 Å². The molecule has 2 aromatic carbocycles. The van der Waals surface area contributed by atoms with E-state index in [2.05, 4.69) is 6.92 Å². The van der Waals surface area contributed by atoms with Crippen LogP contribution in [0.15, 0.2) is 48.5 Å². The first-order valence-corrected chi connectivity index (χ1v) is 13.3. The predicted molar refractivity (Wildman–Crippen MR) is 149 cm³/mol. The largest absolute Gasteiger partial charge is 0.490 e. The van der Waals surface area contributed by atoms with Gasteiger partial charge >= 0.3 is 5.97 Å². The van der Waals surface area contributed by atoms with Gasteiger partial charge in [-0.2, -0.15) is 0 Å². The predicted octanol–water partition coefficient (Wildman–Crippen LogP) is 5.88. The van der Waals surface area contributed by atoms with Crippen LogP contribution in [0.5, 0.6) is 23.0 Å². The number of nitrogens with zero attached hydrogens (tertiary/aromatic N) is 1. The minimum atomic E-state index is -0.606. The summed E-state index contributed by atoms with van der Waals surface area (Å²) in [6, 6.07) is 13.0. The third kappa shape index (κ3) is 6.82. The van der Waals surface area contributed by atoms with E-state index in [0.29, 0.717) is 55.0 Å². The number of rotatable bonds is 12. The fourth-order valence-electron chi connectivity index (χ4n) is 4.38. The molecule has 39 heavy (non-hydrogen) atoms. The van der Waals surface area contributed by atoms with Crippen LogP contribution in [0.25, 0.3) is 11.8 Å². The fourth-order valence-corrected chi connectivity index (χ4v) is 4.38. The quantitative estimate of drug-likeness (QED) is 0.124. The Morgan fingerprint density at radius 3 is 2.51 bits per heavy atom. The molecule has 8 nitrogen and oxygen atoms in total. The van der Waals surface area contributed by atoms with Gasteiger partial charge in [0.05, 0.1) is 13.2 Å². The Balaban J connectivity index is 1.39. The number of unbranched alkanes of at least 4 members (excludes halogenated alkanes) is 1. The average Bonchev–Trinajstić information content (AvgIpc) is 3.25. The van der Waals surface area contributed by atoms with E-state index in [9.17, 15) is 9.59 Å². The van der Waals surface area contributed by atoms with Crippen LogP contribution >= 0.6 is 0 Å². The number of aryl methyl sites for hydroxylation is 1. The first-order chi connectivity index (χ1) is 18.9. The highest BCUT2D eigenvalue weighted by Gasteiger charge is 2.20. The number of ketones is 1. The van der Waals surface area contributed by atoms with Gasteiger partial charge in [0, 0.05) is 34.8 Å². The Kier molecular flexibility index (Phi) is 9.31. The Morgan fingerprint density at radius 2 is 1.74 bits per heavy atom. The van der Waals surface area contributed by atoms with Crippen LogP contribution in [0.4, 0.5) is 0 Å². The van der Waals surface area contributed by atoms with Crippen LogP contribution in [0.1, 0.15) is 54.0 Å². The lowest BCUT2D eigenvalue weighted by molar-refractivity contribution is -0.136. The maximum atomic E-state index is 12.9. The third-order valence-electron chi connectivity index (χ3n) is 6.30. The third-order valence-corrected chi connectivity index (χ3v) is 6.30. The van der Waals surface area contributed by atoms with Gasteiger partial charge in [0.15, 0.2) is 29.6 Å². The maximum Gasteiger partial charge on any atom is 0.331 e. The number of hydrogen-bond donors (Lipinski definition) is 0. The van der Waals surface area contributed by atoms with E-state index in [-0.39, 0.29) is 12.4 Å². The lowest BCUT2D eigenvalue weighted by Gasteiger charge is -2.20. The van der Waals surface area contributed by atoms with E-state index < -0.39 is 5.97 Å². The van der Waals surface area contributed by atoms with Gasteiger partial charge in [0.25, 0.3) is 0 Å². The molecular formula is C31H35NO7. The number of carbonyl (C=O) groups excluding carboxylic acids is 2. The number of aromatic nitrogens is 1. The van der Waals surface area contributed by atoms with Crippen LogP contribution in [0.3, 0.4) is 0 Å². The highest BCUT2D eigenvalue weighted by Crippen LogP contribution is 2.33. The summed E-state index contributed by atoms with van der Waals surface area (Å²) in [5.74, 6) is 1.78. The van der Waals surface area contributed by atoms with Crippen LogP contribution in [-0.2, 0) is 9.53 Å². The van der Waals surface area contributed by atoms with Gasteiger partial charge in [-0.1, -0.05) is 19.4 Å². The second kappa shape index (κ2) is 13.0. The molecule has 0 saturated heterocycles. The summed E-state index contributed by atoms with van der Waals surface area (Å²) in [4.78, 5) is 25.3. The van der Waals surface area contributed by atoms with Crippen molar-refractivity contribution in [3.63, 3.8) is 0 Å². The number of hydrogen-bond acceptors (Lipinski definition) is 7. The van der Waals surface area contributed by atoms with Gasteiger partial charge in [0.2, 0.25) is 5.78 Å². The monoisotopic (exact) mass is 533 g/mol. The summed E-state index contributed by atoms with van der Waals surface area (Å²) in [7, 11) is 0. The molecule has 0 saturated carbocycles. The molecule has 4 rings (SSSR count). The van der Waals surface area contributed by atoms with Crippen LogP contribution < -0.4 is 18.9 Å². The molecule has 0 spiro atoms. The van der Waals surface area contributed by atoms with Gasteiger partial charge in [-0.15, -0.1) is 0 Å². The molecule has 1 aliphatic rings. The van der Waals surface area contributed by atoms with Gasteiger partial charge in [-0.25, -0.2) is 4.79 Å². The summed E-state index contributed by atoms with van der Waals surface area (Å²) in [5, 5.41) is 0. The van der Waals surface area contributed by atoms with E-state index in [0.717, 1.165) is 35.5 Å². The van der Waals surface area contributed by atoms with Crippen molar-refractivity contribution in [1.29, 1.82) is 0 Å². The van der Waals surface area contributed by atoms with Gasteiger partial charge in [-0.3, -0.25) is 4.79 Å². The van der Waals surface area contributed by atoms with Crippen LogP contribution in [0.2, 0.25) is 0 Å². The van der Waals surface area contributed by atoms with Crippen LogP contribution in [0, 0.1) is 13.8 Å².